The first kappa shape index (κ1) is 18.0. The number of aliphatic hydroxyl groups excluding tert-OH is 2. The average Bonchev–Trinajstić information content (AvgIpc) is 3.33. The van der Waals surface area contributed by atoms with Gasteiger partial charge in [0.1, 0.15) is 11.1 Å². The zero-order chi connectivity index (χ0) is 20.0. The molecule has 1 aliphatic carbocycles. The number of amides is 1. The van der Waals surface area contributed by atoms with Crippen LogP contribution in [0, 0.1) is 0 Å². The maximum atomic E-state index is 12.5. The lowest BCUT2D eigenvalue weighted by molar-refractivity contribution is -0.129. The van der Waals surface area contributed by atoms with Crippen molar-refractivity contribution >= 4 is 33.1 Å². The lowest BCUT2D eigenvalue weighted by Gasteiger charge is -2.16. The number of thiazole rings is 1. The number of rotatable bonds is 4. The summed E-state index contributed by atoms with van der Waals surface area (Å²) in [6.07, 6.45) is -2.18. The van der Waals surface area contributed by atoms with Gasteiger partial charge in [-0.05, 0) is 52.9 Å². The molecule has 0 fully saturated rings. The largest absolute Gasteiger partial charge is 0.383 e. The van der Waals surface area contributed by atoms with Gasteiger partial charge in [-0.3, -0.25) is 4.79 Å². The van der Waals surface area contributed by atoms with Gasteiger partial charge in [-0.2, -0.15) is 0 Å². The second-order valence-electron chi connectivity index (χ2n) is 7.10. The third-order valence-corrected chi connectivity index (χ3v) is 6.30. The average molecular weight is 402 g/mol. The Hall–Kier alpha value is -3.06. The van der Waals surface area contributed by atoms with Crippen LogP contribution in [0.3, 0.4) is 0 Å². The molecule has 1 heterocycles. The minimum Gasteiger partial charge on any atom is -0.383 e. The van der Waals surface area contributed by atoms with Crippen LogP contribution in [0.1, 0.15) is 22.2 Å². The fourth-order valence-corrected chi connectivity index (χ4v) is 4.72. The molecule has 3 aromatic carbocycles. The molecular weight excluding hydrogens is 384 g/mol. The van der Waals surface area contributed by atoms with E-state index in [-0.39, 0.29) is 0 Å². The Morgan fingerprint density at radius 3 is 2.59 bits per heavy atom. The van der Waals surface area contributed by atoms with E-state index in [2.05, 4.69) is 22.4 Å². The van der Waals surface area contributed by atoms with E-state index in [1.54, 1.807) is 0 Å². The summed E-state index contributed by atoms with van der Waals surface area (Å²) in [5.74, 6) is -0.660. The molecule has 0 spiro atoms. The van der Waals surface area contributed by atoms with E-state index in [1.165, 1.54) is 22.5 Å². The van der Waals surface area contributed by atoms with E-state index < -0.39 is 18.1 Å². The van der Waals surface area contributed by atoms with Gasteiger partial charge >= 0.3 is 0 Å². The number of hydrogen-bond donors (Lipinski definition) is 3. The van der Waals surface area contributed by atoms with Crippen molar-refractivity contribution in [2.45, 2.75) is 18.6 Å². The molecule has 5 rings (SSSR count). The van der Waals surface area contributed by atoms with Crippen LogP contribution >= 0.6 is 11.3 Å². The van der Waals surface area contributed by atoms with Gasteiger partial charge in [0.15, 0.2) is 6.10 Å². The summed E-state index contributed by atoms with van der Waals surface area (Å²) in [7, 11) is 0. The van der Waals surface area contributed by atoms with Crippen molar-refractivity contribution in [3.63, 3.8) is 0 Å². The molecular formula is C23H18N2O3S. The van der Waals surface area contributed by atoms with Gasteiger partial charge in [-0.1, -0.05) is 42.5 Å². The predicted molar refractivity (Wildman–Crippen MR) is 114 cm³/mol. The summed E-state index contributed by atoms with van der Waals surface area (Å²) in [6.45, 7) is 0. The van der Waals surface area contributed by atoms with Crippen LogP contribution < -0.4 is 5.32 Å². The van der Waals surface area contributed by atoms with Crippen LogP contribution in [0.2, 0.25) is 0 Å². The minimum atomic E-state index is -1.61. The van der Waals surface area contributed by atoms with E-state index in [4.69, 9.17) is 0 Å². The molecule has 0 bridgehead atoms. The van der Waals surface area contributed by atoms with Gasteiger partial charge in [0.05, 0.1) is 10.2 Å². The summed E-state index contributed by atoms with van der Waals surface area (Å²) >= 11 is 1.27. The van der Waals surface area contributed by atoms with Crippen molar-refractivity contribution in [1.29, 1.82) is 0 Å². The molecule has 2 atom stereocenters. The number of para-hydroxylation sites is 1. The summed E-state index contributed by atoms with van der Waals surface area (Å²) in [5, 5.41) is 23.8. The van der Waals surface area contributed by atoms with Crippen LogP contribution in [0.5, 0.6) is 0 Å². The second kappa shape index (κ2) is 7.08. The highest BCUT2D eigenvalue weighted by atomic mass is 32.1. The first-order valence-electron chi connectivity index (χ1n) is 9.34. The number of nitrogens with one attached hydrogen (secondary N) is 1. The molecule has 1 aliphatic rings. The summed E-state index contributed by atoms with van der Waals surface area (Å²) < 4.78 is 0.896. The zero-order valence-electron chi connectivity index (χ0n) is 15.4. The monoisotopic (exact) mass is 402 g/mol. The van der Waals surface area contributed by atoms with Crippen molar-refractivity contribution in [3.05, 3.63) is 82.9 Å². The SMILES string of the molecule is O=C(Nc1ccc2c(c1)Cc1ccccc1-2)C(O)C(O)c1nc2ccccc2s1. The molecule has 0 aliphatic heterocycles. The number of aromatic nitrogens is 1. The van der Waals surface area contributed by atoms with E-state index in [0.717, 1.165) is 27.8 Å². The molecule has 0 saturated heterocycles. The predicted octanol–water partition coefficient (Wildman–Crippen LogP) is 3.90. The molecule has 1 aromatic heterocycles. The first-order valence-corrected chi connectivity index (χ1v) is 10.2. The number of fused-ring (bicyclic) bond motifs is 4. The van der Waals surface area contributed by atoms with Crippen molar-refractivity contribution in [2.24, 2.45) is 0 Å². The molecule has 0 radical (unpaired) electrons. The molecule has 144 valence electrons. The van der Waals surface area contributed by atoms with Gasteiger partial charge in [-0.15, -0.1) is 11.3 Å². The van der Waals surface area contributed by atoms with Gasteiger partial charge in [0.25, 0.3) is 5.91 Å². The molecule has 3 N–H and O–H groups in total. The van der Waals surface area contributed by atoms with Crippen LogP contribution in [-0.4, -0.2) is 27.2 Å². The standard InChI is InChI=1S/C23H18N2O3S/c26-20(21(27)23-25-18-7-3-4-8-19(18)29-23)22(28)24-15-9-10-17-14(12-15)11-13-5-1-2-6-16(13)17/h1-10,12,20-21,26-27H,11H2,(H,24,28). The second-order valence-corrected chi connectivity index (χ2v) is 8.17. The number of hydrogen-bond acceptors (Lipinski definition) is 5. The summed E-state index contributed by atoms with van der Waals surface area (Å²) in [6, 6.07) is 21.4. The van der Waals surface area contributed by atoms with Crippen molar-refractivity contribution in [3.8, 4) is 11.1 Å². The lowest BCUT2D eigenvalue weighted by Crippen LogP contribution is -2.33. The Morgan fingerprint density at radius 1 is 0.966 bits per heavy atom. The summed E-state index contributed by atoms with van der Waals surface area (Å²) in [5.41, 5.74) is 6.09. The lowest BCUT2D eigenvalue weighted by atomic mass is 10.1. The van der Waals surface area contributed by atoms with Crippen LogP contribution in [0.25, 0.3) is 21.3 Å². The van der Waals surface area contributed by atoms with E-state index >= 15 is 0 Å². The highest BCUT2D eigenvalue weighted by Gasteiger charge is 2.29. The highest BCUT2D eigenvalue weighted by molar-refractivity contribution is 7.18. The molecule has 2 unspecified atom stereocenters. The van der Waals surface area contributed by atoms with Gasteiger partial charge < -0.3 is 15.5 Å². The Labute approximate surface area is 171 Å². The topological polar surface area (TPSA) is 82.5 Å². The number of benzene rings is 3. The maximum Gasteiger partial charge on any atom is 0.256 e. The van der Waals surface area contributed by atoms with Crippen molar-refractivity contribution in [1.82, 2.24) is 4.98 Å². The normalized spacial score (nSPS) is 14.3. The minimum absolute atomic E-state index is 0.318. The Kier molecular flexibility index (Phi) is 4.39. The quantitative estimate of drug-likeness (QED) is 0.426. The fraction of sp³-hybridized carbons (Fsp3) is 0.130. The third-order valence-electron chi connectivity index (χ3n) is 5.19. The Morgan fingerprint density at radius 2 is 1.72 bits per heavy atom. The molecule has 5 nitrogen and oxygen atoms in total. The third kappa shape index (κ3) is 3.21. The highest BCUT2D eigenvalue weighted by Crippen LogP contribution is 2.37. The molecule has 6 heteroatoms. The van der Waals surface area contributed by atoms with Crippen LogP contribution in [-0.2, 0) is 11.2 Å². The van der Waals surface area contributed by atoms with Crippen LogP contribution in [0.15, 0.2) is 66.7 Å². The number of aliphatic hydroxyl groups is 2. The van der Waals surface area contributed by atoms with Crippen molar-refractivity contribution < 1.29 is 15.0 Å². The number of nitrogens with zero attached hydrogens (tertiary/aromatic N) is 1. The smallest absolute Gasteiger partial charge is 0.256 e. The molecule has 29 heavy (non-hydrogen) atoms. The maximum absolute atomic E-state index is 12.5. The fourth-order valence-electron chi connectivity index (χ4n) is 3.73. The Bertz CT molecular complexity index is 1200. The number of anilines is 1. The van der Waals surface area contributed by atoms with E-state index in [0.29, 0.717) is 10.7 Å². The zero-order valence-corrected chi connectivity index (χ0v) is 16.2. The number of carbonyl (C=O) groups excluding carboxylic acids is 1. The van der Waals surface area contributed by atoms with E-state index in [1.807, 2.05) is 54.6 Å². The molecule has 0 saturated carbocycles. The molecule has 4 aromatic rings. The number of carbonyl (C=O) groups is 1. The van der Waals surface area contributed by atoms with Gasteiger partial charge in [-0.25, -0.2) is 4.98 Å². The van der Waals surface area contributed by atoms with Crippen molar-refractivity contribution in [2.75, 3.05) is 5.32 Å². The van der Waals surface area contributed by atoms with Gasteiger partial charge in [0.2, 0.25) is 0 Å². The summed E-state index contributed by atoms with van der Waals surface area (Å²) in [4.78, 5) is 16.8. The first-order chi connectivity index (χ1) is 14.1. The molecule has 1 amide bonds. The van der Waals surface area contributed by atoms with E-state index in [9.17, 15) is 15.0 Å². The Balaban J connectivity index is 1.33. The van der Waals surface area contributed by atoms with Crippen LogP contribution in [0.4, 0.5) is 5.69 Å². The van der Waals surface area contributed by atoms with Gasteiger partial charge in [0, 0.05) is 5.69 Å².